The zero-order valence-corrected chi connectivity index (χ0v) is 20.1. The molecular weight excluding hydrogens is 453 g/mol. The molecule has 1 saturated carbocycles. The molecule has 6 rings (SSSR count). The molecule has 4 aromatic rings. The number of aromatic nitrogens is 5. The number of pyridine rings is 1. The van der Waals surface area contributed by atoms with E-state index in [9.17, 15) is 4.39 Å². The van der Waals surface area contributed by atoms with Crippen molar-refractivity contribution >= 4 is 22.8 Å². The molecule has 3 aromatic heterocycles. The molecule has 34 heavy (non-hydrogen) atoms. The van der Waals surface area contributed by atoms with Crippen LogP contribution in [-0.4, -0.2) is 31.3 Å². The van der Waals surface area contributed by atoms with E-state index in [4.69, 9.17) is 16.3 Å². The van der Waals surface area contributed by atoms with Gasteiger partial charge in [-0.3, -0.25) is 4.68 Å². The van der Waals surface area contributed by atoms with Gasteiger partial charge in [-0.05, 0) is 70.2 Å². The fourth-order valence-corrected chi connectivity index (χ4v) is 4.27. The van der Waals surface area contributed by atoms with Gasteiger partial charge < -0.3 is 4.74 Å². The van der Waals surface area contributed by atoms with Gasteiger partial charge in [0.2, 0.25) is 0 Å². The summed E-state index contributed by atoms with van der Waals surface area (Å²) < 4.78 is 21.9. The molecule has 8 heteroatoms. The van der Waals surface area contributed by atoms with E-state index in [1.54, 1.807) is 24.4 Å². The number of nitrogens with zero attached hydrogens (tertiary/aromatic N) is 5. The predicted octanol–water partition coefficient (Wildman–Crippen LogP) is 6.56. The molecule has 1 atom stereocenters. The fourth-order valence-electron chi connectivity index (χ4n) is 4.11. The highest BCUT2D eigenvalue weighted by Crippen LogP contribution is 2.36. The lowest BCUT2D eigenvalue weighted by molar-refractivity contribution is 0.0149. The van der Waals surface area contributed by atoms with Gasteiger partial charge in [0.15, 0.2) is 5.65 Å². The van der Waals surface area contributed by atoms with Crippen molar-refractivity contribution in [2.75, 3.05) is 6.61 Å². The molecule has 1 aromatic carbocycles. The van der Waals surface area contributed by atoms with Crippen LogP contribution in [0, 0.1) is 19.7 Å². The first kappa shape index (κ1) is 22.9. The largest absolute Gasteiger partial charge is 0.373 e. The summed E-state index contributed by atoms with van der Waals surface area (Å²) in [6.07, 6.45) is 12.3. The average molecular weight is 480 g/mol. The number of ether oxygens (including phenoxy) is 1. The summed E-state index contributed by atoms with van der Waals surface area (Å²) in [6, 6.07) is 7.01. The zero-order valence-electron chi connectivity index (χ0n) is 19.3. The standard InChI is InChI=1S/C15H11ClFN3.C11H16N2O/c1-8-9(2)20-15-14(19-8)12(5-6-18-15)11-4-3-10(16)7-13(11)17;1-2-6-14-11(3-1)9-7-12-13(8-9)10-4-5-10/h3-7H,1-2H3;7-8,10-11H,1-6H2. The molecule has 1 saturated heterocycles. The summed E-state index contributed by atoms with van der Waals surface area (Å²) in [5.74, 6) is -0.384. The number of fused-ring (bicyclic) bond motifs is 1. The number of benzene rings is 1. The monoisotopic (exact) mass is 479 g/mol. The van der Waals surface area contributed by atoms with Crippen molar-refractivity contribution in [2.45, 2.75) is 58.1 Å². The smallest absolute Gasteiger partial charge is 0.179 e. The highest BCUT2D eigenvalue weighted by molar-refractivity contribution is 6.30. The second-order valence-electron chi connectivity index (χ2n) is 8.89. The van der Waals surface area contributed by atoms with Gasteiger partial charge in [0.1, 0.15) is 11.3 Å². The number of halogens is 2. The Bertz CT molecular complexity index is 1310. The van der Waals surface area contributed by atoms with E-state index in [0.29, 0.717) is 39.5 Å². The minimum absolute atomic E-state index is 0.316. The second-order valence-corrected chi connectivity index (χ2v) is 9.33. The summed E-state index contributed by atoms with van der Waals surface area (Å²) in [4.78, 5) is 13.1. The van der Waals surface area contributed by atoms with Crippen LogP contribution in [0.3, 0.4) is 0 Å². The maximum Gasteiger partial charge on any atom is 0.179 e. The highest BCUT2D eigenvalue weighted by atomic mass is 35.5. The van der Waals surface area contributed by atoms with Crippen molar-refractivity contribution in [3.05, 3.63) is 70.6 Å². The normalized spacial score (nSPS) is 17.9. The van der Waals surface area contributed by atoms with Crippen LogP contribution >= 0.6 is 11.6 Å². The summed E-state index contributed by atoms with van der Waals surface area (Å²) in [7, 11) is 0. The first-order valence-corrected chi connectivity index (χ1v) is 12.1. The van der Waals surface area contributed by atoms with Crippen molar-refractivity contribution < 1.29 is 9.13 Å². The van der Waals surface area contributed by atoms with Crippen LogP contribution in [0.4, 0.5) is 4.39 Å². The quantitative estimate of drug-likeness (QED) is 0.333. The van der Waals surface area contributed by atoms with Crippen molar-refractivity contribution in [1.29, 1.82) is 0 Å². The van der Waals surface area contributed by atoms with E-state index in [2.05, 4.69) is 30.9 Å². The molecule has 4 heterocycles. The summed E-state index contributed by atoms with van der Waals surface area (Å²) >= 11 is 5.79. The molecule has 176 valence electrons. The molecule has 0 amide bonds. The number of aryl methyl sites for hydroxylation is 2. The van der Waals surface area contributed by atoms with Crippen molar-refractivity contribution in [2.24, 2.45) is 0 Å². The molecule has 1 unspecified atom stereocenters. The minimum atomic E-state index is -0.384. The van der Waals surface area contributed by atoms with E-state index >= 15 is 0 Å². The van der Waals surface area contributed by atoms with Crippen LogP contribution in [0.1, 0.15) is 61.2 Å². The van der Waals surface area contributed by atoms with E-state index in [1.807, 2.05) is 20.0 Å². The highest BCUT2D eigenvalue weighted by Gasteiger charge is 2.26. The Labute approximate surface area is 203 Å². The summed E-state index contributed by atoms with van der Waals surface area (Å²) in [6.45, 7) is 4.66. The van der Waals surface area contributed by atoms with E-state index < -0.39 is 0 Å². The van der Waals surface area contributed by atoms with Crippen LogP contribution in [0.25, 0.3) is 22.3 Å². The molecule has 0 spiro atoms. The molecular formula is C26H27ClFN5O. The fraction of sp³-hybridized carbons (Fsp3) is 0.385. The van der Waals surface area contributed by atoms with Gasteiger partial charge in [0.25, 0.3) is 0 Å². The Balaban J connectivity index is 0.000000150. The van der Waals surface area contributed by atoms with Gasteiger partial charge in [-0.25, -0.2) is 19.3 Å². The SMILES string of the molecule is Cc1nc2nccc(-c3ccc(Cl)cc3F)c2nc1C.c1nn(C2CC2)cc1C1CCCCO1. The van der Waals surface area contributed by atoms with Crippen LogP contribution in [0.15, 0.2) is 42.9 Å². The summed E-state index contributed by atoms with van der Waals surface area (Å²) in [5, 5.41) is 4.75. The van der Waals surface area contributed by atoms with Gasteiger partial charge in [0.05, 0.1) is 29.7 Å². The van der Waals surface area contributed by atoms with Crippen LogP contribution in [0.5, 0.6) is 0 Å². The van der Waals surface area contributed by atoms with Crippen LogP contribution in [-0.2, 0) is 4.74 Å². The number of rotatable bonds is 3. The van der Waals surface area contributed by atoms with Crippen molar-refractivity contribution in [3.8, 4) is 11.1 Å². The Kier molecular flexibility index (Phi) is 6.57. The summed E-state index contributed by atoms with van der Waals surface area (Å²) in [5.41, 5.74) is 5.12. The molecule has 0 radical (unpaired) electrons. The van der Waals surface area contributed by atoms with Crippen molar-refractivity contribution in [1.82, 2.24) is 24.7 Å². The Morgan fingerprint density at radius 2 is 1.85 bits per heavy atom. The van der Waals surface area contributed by atoms with Crippen molar-refractivity contribution in [3.63, 3.8) is 0 Å². The molecule has 0 N–H and O–H groups in total. The lowest BCUT2D eigenvalue weighted by Crippen LogP contribution is -2.10. The number of hydrogen-bond donors (Lipinski definition) is 0. The van der Waals surface area contributed by atoms with E-state index in [-0.39, 0.29) is 5.82 Å². The first-order valence-electron chi connectivity index (χ1n) is 11.7. The topological polar surface area (TPSA) is 65.7 Å². The van der Waals surface area contributed by atoms with Gasteiger partial charge >= 0.3 is 0 Å². The Hall–Kier alpha value is -2.90. The lowest BCUT2D eigenvalue weighted by Gasteiger charge is -2.21. The molecule has 1 aliphatic heterocycles. The van der Waals surface area contributed by atoms with Crippen LogP contribution in [0.2, 0.25) is 5.02 Å². The van der Waals surface area contributed by atoms with E-state index in [1.165, 1.54) is 37.3 Å². The average Bonchev–Trinajstić information content (AvgIpc) is 3.57. The molecule has 1 aliphatic carbocycles. The first-order chi connectivity index (χ1) is 16.5. The minimum Gasteiger partial charge on any atom is -0.373 e. The van der Waals surface area contributed by atoms with E-state index in [0.717, 1.165) is 24.4 Å². The maximum atomic E-state index is 14.1. The third-order valence-electron chi connectivity index (χ3n) is 6.30. The zero-order chi connectivity index (χ0) is 23.7. The lowest BCUT2D eigenvalue weighted by atomic mass is 10.0. The number of hydrogen-bond acceptors (Lipinski definition) is 5. The van der Waals surface area contributed by atoms with Gasteiger partial charge in [0, 0.05) is 40.7 Å². The Morgan fingerprint density at radius 1 is 1.03 bits per heavy atom. The van der Waals surface area contributed by atoms with Gasteiger partial charge in [-0.1, -0.05) is 11.6 Å². The second kappa shape index (κ2) is 9.76. The molecule has 2 fully saturated rings. The van der Waals surface area contributed by atoms with Gasteiger partial charge in [-0.2, -0.15) is 5.10 Å². The Morgan fingerprint density at radius 3 is 2.59 bits per heavy atom. The predicted molar refractivity (Wildman–Crippen MR) is 130 cm³/mol. The molecule has 2 aliphatic rings. The van der Waals surface area contributed by atoms with Gasteiger partial charge in [-0.15, -0.1) is 0 Å². The third-order valence-corrected chi connectivity index (χ3v) is 6.53. The van der Waals surface area contributed by atoms with Crippen LogP contribution < -0.4 is 0 Å². The third kappa shape index (κ3) is 4.95. The maximum absolute atomic E-state index is 14.1. The molecule has 6 nitrogen and oxygen atoms in total. The molecule has 0 bridgehead atoms.